The highest BCUT2D eigenvalue weighted by molar-refractivity contribution is 6.30. The zero-order chi connectivity index (χ0) is 9.84. The molecule has 0 saturated heterocycles. The van der Waals surface area contributed by atoms with Gasteiger partial charge in [0.05, 0.1) is 6.10 Å². The molecule has 2 nitrogen and oxygen atoms in total. The molecule has 0 amide bonds. The normalized spacial score (nSPS) is 12.9. The Kier molecular flexibility index (Phi) is 3.66. The molecule has 1 atom stereocenters. The van der Waals surface area contributed by atoms with Crippen LogP contribution in [-0.4, -0.2) is 17.8 Å². The molecule has 0 aliphatic heterocycles. The van der Waals surface area contributed by atoms with Crippen LogP contribution in [0.15, 0.2) is 18.2 Å². The van der Waals surface area contributed by atoms with Gasteiger partial charge in [-0.05, 0) is 17.7 Å². The van der Waals surface area contributed by atoms with Crippen molar-refractivity contribution in [2.24, 2.45) is 5.73 Å². The summed E-state index contributed by atoms with van der Waals surface area (Å²) in [5, 5.41) is 9.53. The van der Waals surface area contributed by atoms with Crippen LogP contribution >= 0.6 is 11.6 Å². The van der Waals surface area contributed by atoms with Crippen molar-refractivity contribution in [1.29, 1.82) is 0 Å². The van der Waals surface area contributed by atoms with Gasteiger partial charge in [-0.15, -0.1) is 0 Å². The fourth-order valence-corrected chi connectivity index (χ4v) is 1.18. The SMILES string of the molecule is NCC(O)Cc1ccc(Cl)cc1F. The summed E-state index contributed by atoms with van der Waals surface area (Å²) < 4.78 is 13.1. The Morgan fingerprint density at radius 1 is 1.54 bits per heavy atom. The molecule has 0 spiro atoms. The number of rotatable bonds is 3. The standard InChI is InChI=1S/C9H11ClFNO/c10-7-2-1-6(9(11)4-7)3-8(13)5-12/h1-2,4,8,13H,3,5,12H2. The Bertz CT molecular complexity index is 293. The Morgan fingerprint density at radius 2 is 2.23 bits per heavy atom. The summed E-state index contributed by atoms with van der Waals surface area (Å²) in [5.74, 6) is -0.403. The third kappa shape index (κ3) is 2.95. The highest BCUT2D eigenvalue weighted by atomic mass is 35.5. The van der Waals surface area contributed by atoms with Crippen LogP contribution < -0.4 is 5.73 Å². The monoisotopic (exact) mass is 203 g/mol. The number of halogens is 2. The molecule has 72 valence electrons. The molecule has 0 saturated carbocycles. The van der Waals surface area contributed by atoms with Crippen LogP contribution in [0.3, 0.4) is 0 Å². The predicted molar refractivity (Wildman–Crippen MR) is 50.2 cm³/mol. The minimum atomic E-state index is -0.698. The second-order valence-corrected chi connectivity index (χ2v) is 3.27. The van der Waals surface area contributed by atoms with E-state index < -0.39 is 11.9 Å². The van der Waals surface area contributed by atoms with E-state index in [2.05, 4.69) is 0 Å². The highest BCUT2D eigenvalue weighted by Gasteiger charge is 2.07. The summed E-state index contributed by atoms with van der Waals surface area (Å²) >= 11 is 5.56. The van der Waals surface area contributed by atoms with Crippen molar-refractivity contribution in [3.8, 4) is 0 Å². The lowest BCUT2D eigenvalue weighted by atomic mass is 10.1. The first kappa shape index (κ1) is 10.4. The lowest BCUT2D eigenvalue weighted by Gasteiger charge is -2.08. The molecule has 0 aromatic heterocycles. The molecule has 0 radical (unpaired) electrons. The van der Waals surface area contributed by atoms with Crippen molar-refractivity contribution in [3.05, 3.63) is 34.6 Å². The van der Waals surface area contributed by atoms with Gasteiger partial charge in [0.15, 0.2) is 0 Å². The molecule has 1 aromatic carbocycles. The van der Waals surface area contributed by atoms with Gasteiger partial charge >= 0.3 is 0 Å². The maximum atomic E-state index is 13.1. The van der Waals surface area contributed by atoms with Crippen LogP contribution in [0, 0.1) is 5.82 Å². The van der Waals surface area contributed by atoms with E-state index in [-0.39, 0.29) is 13.0 Å². The van der Waals surface area contributed by atoms with Crippen molar-refractivity contribution in [3.63, 3.8) is 0 Å². The Balaban J connectivity index is 2.77. The Morgan fingerprint density at radius 3 is 2.77 bits per heavy atom. The van der Waals surface area contributed by atoms with E-state index in [1.165, 1.54) is 6.07 Å². The molecule has 0 aliphatic carbocycles. The summed E-state index contributed by atoms with van der Waals surface area (Å²) in [5.41, 5.74) is 5.63. The molecule has 1 rings (SSSR count). The maximum Gasteiger partial charge on any atom is 0.127 e. The molecular formula is C9H11ClFNO. The third-order valence-electron chi connectivity index (χ3n) is 1.74. The summed E-state index contributed by atoms with van der Waals surface area (Å²) in [4.78, 5) is 0. The number of benzene rings is 1. The van der Waals surface area contributed by atoms with Gasteiger partial charge in [-0.1, -0.05) is 17.7 Å². The van der Waals surface area contributed by atoms with Gasteiger partial charge in [0, 0.05) is 18.0 Å². The topological polar surface area (TPSA) is 46.2 Å². The van der Waals surface area contributed by atoms with Crippen LogP contribution in [-0.2, 0) is 6.42 Å². The van der Waals surface area contributed by atoms with Crippen molar-refractivity contribution in [2.45, 2.75) is 12.5 Å². The first-order valence-electron chi connectivity index (χ1n) is 3.95. The lowest BCUT2D eigenvalue weighted by molar-refractivity contribution is 0.182. The summed E-state index contributed by atoms with van der Waals surface area (Å²) in [6.45, 7) is 0.127. The van der Waals surface area contributed by atoms with Crippen LogP contribution in [0.25, 0.3) is 0 Å². The van der Waals surface area contributed by atoms with Crippen molar-refractivity contribution >= 4 is 11.6 Å². The zero-order valence-corrected chi connectivity index (χ0v) is 7.76. The number of nitrogens with two attached hydrogens (primary N) is 1. The van der Waals surface area contributed by atoms with Gasteiger partial charge < -0.3 is 10.8 Å². The second-order valence-electron chi connectivity index (χ2n) is 2.83. The van der Waals surface area contributed by atoms with Gasteiger partial charge in [0.2, 0.25) is 0 Å². The van der Waals surface area contributed by atoms with E-state index in [9.17, 15) is 9.50 Å². The fourth-order valence-electron chi connectivity index (χ4n) is 1.02. The van der Waals surface area contributed by atoms with E-state index in [1.807, 2.05) is 0 Å². The Labute approximate surface area is 81.1 Å². The smallest absolute Gasteiger partial charge is 0.127 e. The van der Waals surface area contributed by atoms with Crippen molar-refractivity contribution in [1.82, 2.24) is 0 Å². The lowest BCUT2D eigenvalue weighted by Crippen LogP contribution is -2.22. The van der Waals surface area contributed by atoms with Crippen molar-refractivity contribution in [2.75, 3.05) is 6.54 Å². The summed E-state index contributed by atoms with van der Waals surface area (Å²) in [6, 6.07) is 4.36. The predicted octanol–water partition coefficient (Wildman–Crippen LogP) is 1.34. The molecule has 4 heteroatoms. The average molecular weight is 204 g/mol. The van der Waals surface area contributed by atoms with Gasteiger partial charge in [-0.3, -0.25) is 0 Å². The van der Waals surface area contributed by atoms with Crippen LogP contribution in [0.1, 0.15) is 5.56 Å². The van der Waals surface area contributed by atoms with Gasteiger partial charge in [0.1, 0.15) is 5.82 Å². The first-order valence-corrected chi connectivity index (χ1v) is 4.33. The van der Waals surface area contributed by atoms with Gasteiger partial charge in [0.25, 0.3) is 0 Å². The van der Waals surface area contributed by atoms with E-state index in [4.69, 9.17) is 17.3 Å². The molecule has 0 bridgehead atoms. The number of hydrogen-bond donors (Lipinski definition) is 2. The van der Waals surface area contributed by atoms with Crippen LogP contribution in [0.4, 0.5) is 4.39 Å². The summed E-state index contributed by atoms with van der Waals surface area (Å²) in [7, 11) is 0. The van der Waals surface area contributed by atoms with Gasteiger partial charge in [-0.2, -0.15) is 0 Å². The third-order valence-corrected chi connectivity index (χ3v) is 1.98. The molecular weight excluding hydrogens is 193 g/mol. The fraction of sp³-hybridized carbons (Fsp3) is 0.333. The van der Waals surface area contributed by atoms with E-state index in [1.54, 1.807) is 12.1 Å². The molecule has 0 fully saturated rings. The minimum absolute atomic E-state index is 0.127. The molecule has 3 N–H and O–H groups in total. The highest BCUT2D eigenvalue weighted by Crippen LogP contribution is 2.15. The minimum Gasteiger partial charge on any atom is -0.391 e. The molecule has 1 unspecified atom stereocenters. The van der Waals surface area contributed by atoms with E-state index in [0.29, 0.717) is 10.6 Å². The largest absolute Gasteiger partial charge is 0.391 e. The Hall–Kier alpha value is -0.640. The van der Waals surface area contributed by atoms with Crippen LogP contribution in [0.5, 0.6) is 0 Å². The second kappa shape index (κ2) is 4.56. The van der Waals surface area contributed by atoms with Crippen molar-refractivity contribution < 1.29 is 9.50 Å². The van der Waals surface area contributed by atoms with E-state index in [0.717, 1.165) is 0 Å². The summed E-state index contributed by atoms with van der Waals surface area (Å²) in [6.07, 6.45) is -0.477. The molecule has 1 aromatic rings. The van der Waals surface area contributed by atoms with Gasteiger partial charge in [-0.25, -0.2) is 4.39 Å². The van der Waals surface area contributed by atoms with Crippen LogP contribution in [0.2, 0.25) is 5.02 Å². The molecule has 0 aliphatic rings. The first-order chi connectivity index (χ1) is 6.13. The number of aliphatic hydroxyl groups excluding tert-OH is 1. The number of aliphatic hydroxyl groups is 1. The number of hydrogen-bond acceptors (Lipinski definition) is 2. The average Bonchev–Trinajstić information content (AvgIpc) is 2.09. The maximum absolute atomic E-state index is 13.1. The van der Waals surface area contributed by atoms with E-state index >= 15 is 0 Å². The molecule has 0 heterocycles. The molecule has 13 heavy (non-hydrogen) atoms. The zero-order valence-electron chi connectivity index (χ0n) is 7.00. The quantitative estimate of drug-likeness (QED) is 0.779.